The molecular weight excluding hydrogens is 384 g/mol. The summed E-state index contributed by atoms with van der Waals surface area (Å²) in [5.41, 5.74) is 6.06. The largest absolute Gasteiger partial charge is 0.493 e. The van der Waals surface area contributed by atoms with Crippen LogP contribution < -0.4 is 15.2 Å². The zero-order chi connectivity index (χ0) is 17.9. The number of rotatable bonds is 6. The standard InChI is InChI=1S/C14H15BrN4O5/c1-6(14(21)23-3)24-10-5-8(15)7(4-9(10)22-2)11-12(13(16)20)18-19-17-11/h4-6H,1-3H3,(H2,16,20)(H,17,18,19). The third-order valence-electron chi connectivity index (χ3n) is 3.13. The third-order valence-corrected chi connectivity index (χ3v) is 3.78. The van der Waals surface area contributed by atoms with E-state index >= 15 is 0 Å². The predicted octanol–water partition coefficient (Wildman–Crippen LogP) is 1.28. The van der Waals surface area contributed by atoms with Crippen LogP contribution in [0.3, 0.4) is 0 Å². The van der Waals surface area contributed by atoms with Gasteiger partial charge in [-0.3, -0.25) is 4.79 Å². The molecule has 0 saturated heterocycles. The van der Waals surface area contributed by atoms with Gasteiger partial charge in [0.15, 0.2) is 23.3 Å². The van der Waals surface area contributed by atoms with Gasteiger partial charge >= 0.3 is 5.97 Å². The number of nitrogens with one attached hydrogen (secondary N) is 1. The van der Waals surface area contributed by atoms with Crippen LogP contribution in [0.5, 0.6) is 11.5 Å². The maximum Gasteiger partial charge on any atom is 0.346 e. The number of amides is 1. The van der Waals surface area contributed by atoms with Gasteiger partial charge < -0.3 is 19.9 Å². The van der Waals surface area contributed by atoms with Gasteiger partial charge in [-0.2, -0.15) is 15.4 Å². The molecule has 0 radical (unpaired) electrons. The van der Waals surface area contributed by atoms with E-state index in [4.69, 9.17) is 15.2 Å². The van der Waals surface area contributed by atoms with Crippen LogP contribution in [0.2, 0.25) is 0 Å². The Morgan fingerprint density at radius 1 is 1.25 bits per heavy atom. The van der Waals surface area contributed by atoms with Gasteiger partial charge in [0.2, 0.25) is 0 Å². The molecule has 3 N–H and O–H groups in total. The number of methoxy groups -OCH3 is 2. The number of nitrogens with two attached hydrogens (primary N) is 1. The zero-order valence-electron chi connectivity index (χ0n) is 13.1. The summed E-state index contributed by atoms with van der Waals surface area (Å²) < 4.78 is 16.0. The lowest BCUT2D eigenvalue weighted by Gasteiger charge is -2.16. The number of esters is 1. The Labute approximate surface area is 145 Å². The number of hydrogen-bond acceptors (Lipinski definition) is 7. The first-order valence-electron chi connectivity index (χ1n) is 6.72. The minimum Gasteiger partial charge on any atom is -0.493 e. The van der Waals surface area contributed by atoms with E-state index in [1.165, 1.54) is 14.2 Å². The second-order valence-electron chi connectivity index (χ2n) is 4.65. The number of primary amides is 1. The van der Waals surface area contributed by atoms with E-state index in [-0.39, 0.29) is 11.4 Å². The highest BCUT2D eigenvalue weighted by atomic mass is 79.9. The molecule has 1 aromatic carbocycles. The molecule has 0 saturated carbocycles. The molecule has 1 aromatic heterocycles. The average Bonchev–Trinajstić information content (AvgIpc) is 3.03. The molecule has 9 nitrogen and oxygen atoms in total. The van der Waals surface area contributed by atoms with Crippen molar-refractivity contribution in [3.05, 3.63) is 22.3 Å². The lowest BCUT2D eigenvalue weighted by molar-refractivity contribution is -0.147. The van der Waals surface area contributed by atoms with Crippen LogP contribution in [-0.4, -0.2) is 47.6 Å². The second-order valence-corrected chi connectivity index (χ2v) is 5.51. The van der Waals surface area contributed by atoms with Crippen LogP contribution in [-0.2, 0) is 9.53 Å². The van der Waals surface area contributed by atoms with Crippen LogP contribution in [0.1, 0.15) is 17.4 Å². The number of carbonyl (C=O) groups excluding carboxylic acids is 2. The number of halogens is 1. The van der Waals surface area contributed by atoms with Gasteiger partial charge in [-0.05, 0) is 35.0 Å². The average molecular weight is 399 g/mol. The number of ether oxygens (including phenoxy) is 3. The van der Waals surface area contributed by atoms with Gasteiger partial charge in [-0.1, -0.05) is 0 Å². The summed E-state index contributed by atoms with van der Waals surface area (Å²) in [6, 6.07) is 3.18. The maximum absolute atomic E-state index is 11.5. The van der Waals surface area contributed by atoms with Crippen LogP contribution in [0.25, 0.3) is 11.3 Å². The third kappa shape index (κ3) is 3.48. The fourth-order valence-corrected chi connectivity index (χ4v) is 2.47. The SMILES string of the molecule is COC(=O)C(C)Oc1cc(Br)c(-c2n[nH]nc2C(N)=O)cc1OC. The molecule has 0 aliphatic rings. The molecule has 1 amide bonds. The van der Waals surface area contributed by atoms with E-state index in [0.717, 1.165) is 0 Å². The van der Waals surface area contributed by atoms with Crippen LogP contribution >= 0.6 is 15.9 Å². The summed E-state index contributed by atoms with van der Waals surface area (Å²) in [5.74, 6) is -0.591. The monoisotopic (exact) mass is 398 g/mol. The maximum atomic E-state index is 11.5. The fourth-order valence-electron chi connectivity index (χ4n) is 1.96. The molecule has 0 spiro atoms. The smallest absolute Gasteiger partial charge is 0.346 e. The molecule has 2 rings (SSSR count). The second kappa shape index (κ2) is 7.30. The Morgan fingerprint density at radius 3 is 2.54 bits per heavy atom. The van der Waals surface area contributed by atoms with Crippen molar-refractivity contribution in [1.82, 2.24) is 15.4 Å². The van der Waals surface area contributed by atoms with Crippen LogP contribution in [0.4, 0.5) is 0 Å². The predicted molar refractivity (Wildman–Crippen MR) is 86.7 cm³/mol. The molecule has 0 aliphatic heterocycles. The molecular formula is C14H15BrN4O5. The zero-order valence-corrected chi connectivity index (χ0v) is 14.7. The lowest BCUT2D eigenvalue weighted by atomic mass is 10.1. The van der Waals surface area contributed by atoms with Gasteiger partial charge in [-0.25, -0.2) is 4.79 Å². The summed E-state index contributed by atoms with van der Waals surface area (Å²) in [6.45, 7) is 1.55. The van der Waals surface area contributed by atoms with Crippen molar-refractivity contribution in [1.29, 1.82) is 0 Å². The number of nitrogens with zero attached hydrogens (tertiary/aromatic N) is 2. The summed E-state index contributed by atoms with van der Waals surface area (Å²) in [7, 11) is 2.72. The Bertz CT molecular complexity index is 777. The molecule has 2 aromatic rings. The number of aromatic nitrogens is 3. The molecule has 128 valence electrons. The Hall–Kier alpha value is -2.62. The number of benzene rings is 1. The van der Waals surface area contributed by atoms with Crippen molar-refractivity contribution in [2.45, 2.75) is 13.0 Å². The first-order chi connectivity index (χ1) is 11.4. The molecule has 1 heterocycles. The molecule has 0 bridgehead atoms. The Morgan fingerprint density at radius 2 is 1.96 bits per heavy atom. The molecule has 1 unspecified atom stereocenters. The normalized spacial score (nSPS) is 11.7. The topological polar surface area (TPSA) is 129 Å². The van der Waals surface area contributed by atoms with Gasteiger partial charge in [0.05, 0.1) is 14.2 Å². The molecule has 0 aliphatic carbocycles. The quantitative estimate of drug-likeness (QED) is 0.700. The summed E-state index contributed by atoms with van der Waals surface area (Å²) in [4.78, 5) is 22.9. The van der Waals surface area contributed by atoms with Crippen LogP contribution in [0.15, 0.2) is 16.6 Å². The molecule has 10 heteroatoms. The Balaban J connectivity index is 2.45. The van der Waals surface area contributed by atoms with Crippen molar-refractivity contribution >= 4 is 27.8 Å². The molecule has 24 heavy (non-hydrogen) atoms. The number of carbonyl (C=O) groups is 2. The van der Waals surface area contributed by atoms with Crippen molar-refractivity contribution in [2.24, 2.45) is 5.73 Å². The van der Waals surface area contributed by atoms with Gasteiger partial charge in [0.1, 0.15) is 5.69 Å². The van der Waals surface area contributed by atoms with Crippen molar-refractivity contribution in [3.63, 3.8) is 0 Å². The fraction of sp³-hybridized carbons (Fsp3) is 0.286. The van der Waals surface area contributed by atoms with E-state index in [0.29, 0.717) is 21.5 Å². The first kappa shape index (κ1) is 17.7. The molecule has 1 atom stereocenters. The highest BCUT2D eigenvalue weighted by Gasteiger charge is 2.22. The van der Waals surface area contributed by atoms with Crippen LogP contribution in [0, 0.1) is 0 Å². The highest BCUT2D eigenvalue weighted by Crippen LogP contribution is 2.39. The van der Waals surface area contributed by atoms with Crippen molar-refractivity contribution in [2.75, 3.05) is 14.2 Å². The number of H-pyrrole nitrogens is 1. The lowest BCUT2D eigenvalue weighted by Crippen LogP contribution is -2.25. The minimum atomic E-state index is -0.824. The van der Waals surface area contributed by atoms with Gasteiger partial charge in [0, 0.05) is 10.0 Å². The first-order valence-corrected chi connectivity index (χ1v) is 7.51. The number of aromatic amines is 1. The van der Waals surface area contributed by atoms with Crippen molar-refractivity contribution in [3.8, 4) is 22.8 Å². The van der Waals surface area contributed by atoms with E-state index in [2.05, 4.69) is 36.1 Å². The minimum absolute atomic E-state index is 0.00523. The number of hydrogen-bond donors (Lipinski definition) is 2. The Kier molecular flexibility index (Phi) is 5.39. The van der Waals surface area contributed by atoms with Gasteiger partial charge in [-0.15, -0.1) is 0 Å². The van der Waals surface area contributed by atoms with E-state index in [9.17, 15) is 9.59 Å². The van der Waals surface area contributed by atoms with E-state index in [1.54, 1.807) is 19.1 Å². The molecule has 0 fully saturated rings. The summed E-state index contributed by atoms with van der Waals surface area (Å²) >= 11 is 3.37. The summed E-state index contributed by atoms with van der Waals surface area (Å²) in [6.07, 6.45) is -0.824. The van der Waals surface area contributed by atoms with Gasteiger partial charge in [0.25, 0.3) is 5.91 Å². The van der Waals surface area contributed by atoms with E-state index < -0.39 is 18.0 Å². The van der Waals surface area contributed by atoms with Crippen molar-refractivity contribution < 1.29 is 23.8 Å². The highest BCUT2D eigenvalue weighted by molar-refractivity contribution is 9.10. The summed E-state index contributed by atoms with van der Waals surface area (Å²) in [5, 5.41) is 10.0. The van der Waals surface area contributed by atoms with E-state index in [1.807, 2.05) is 0 Å².